The summed E-state index contributed by atoms with van der Waals surface area (Å²) in [6, 6.07) is 12.9. The summed E-state index contributed by atoms with van der Waals surface area (Å²) >= 11 is 3.36. The van der Waals surface area contributed by atoms with Crippen molar-refractivity contribution < 1.29 is 14.3 Å². The fourth-order valence-corrected chi connectivity index (χ4v) is 2.79. The van der Waals surface area contributed by atoms with Gasteiger partial charge in [-0.3, -0.25) is 14.5 Å². The largest absolute Gasteiger partial charge is 0.482 e. The molecule has 0 fully saturated rings. The number of amides is 2. The molecule has 118 valence electrons. The molecule has 0 atom stereocenters. The van der Waals surface area contributed by atoms with Crippen molar-refractivity contribution in [1.82, 2.24) is 0 Å². The van der Waals surface area contributed by atoms with Crippen LogP contribution in [0.1, 0.15) is 5.56 Å². The van der Waals surface area contributed by atoms with Crippen molar-refractivity contribution in [1.29, 1.82) is 0 Å². The van der Waals surface area contributed by atoms with E-state index in [1.807, 2.05) is 31.2 Å². The van der Waals surface area contributed by atoms with Crippen LogP contribution < -0.4 is 15.0 Å². The average molecular weight is 375 g/mol. The van der Waals surface area contributed by atoms with E-state index in [1.54, 1.807) is 18.2 Å². The first kappa shape index (κ1) is 15.6. The topological polar surface area (TPSA) is 58.6 Å². The maximum Gasteiger partial charge on any atom is 0.265 e. The van der Waals surface area contributed by atoms with Crippen molar-refractivity contribution in [3.63, 3.8) is 0 Å². The molecule has 0 bridgehead atoms. The number of hydrogen-bond donors (Lipinski definition) is 1. The summed E-state index contributed by atoms with van der Waals surface area (Å²) in [5.74, 6) is 0.135. The van der Waals surface area contributed by atoms with Crippen molar-refractivity contribution in [3.8, 4) is 5.75 Å². The van der Waals surface area contributed by atoms with E-state index < -0.39 is 0 Å². The summed E-state index contributed by atoms with van der Waals surface area (Å²) in [6.07, 6.45) is 0. The van der Waals surface area contributed by atoms with Crippen LogP contribution in [0.3, 0.4) is 0 Å². The minimum atomic E-state index is -0.259. The fraction of sp³-hybridized carbons (Fsp3) is 0.176. The van der Waals surface area contributed by atoms with Crippen LogP contribution in [-0.4, -0.2) is 25.0 Å². The second kappa shape index (κ2) is 6.42. The molecule has 0 aliphatic carbocycles. The SMILES string of the molecule is Cc1ccc2c(c1)OCC(=O)N2CC(=O)Nc1cccc(Br)c1. The van der Waals surface area contributed by atoms with E-state index in [4.69, 9.17) is 4.74 Å². The van der Waals surface area contributed by atoms with Gasteiger partial charge in [-0.05, 0) is 42.8 Å². The van der Waals surface area contributed by atoms with E-state index in [0.717, 1.165) is 10.0 Å². The molecule has 1 aliphatic rings. The minimum absolute atomic E-state index is 0.0508. The number of fused-ring (bicyclic) bond motifs is 1. The minimum Gasteiger partial charge on any atom is -0.482 e. The Morgan fingerprint density at radius 1 is 1.30 bits per heavy atom. The lowest BCUT2D eigenvalue weighted by Gasteiger charge is -2.29. The van der Waals surface area contributed by atoms with Gasteiger partial charge < -0.3 is 10.1 Å². The zero-order valence-electron chi connectivity index (χ0n) is 12.5. The van der Waals surface area contributed by atoms with Crippen molar-refractivity contribution in [3.05, 3.63) is 52.5 Å². The summed E-state index contributed by atoms with van der Waals surface area (Å²) in [6.45, 7) is 1.84. The highest BCUT2D eigenvalue weighted by Gasteiger charge is 2.27. The number of benzene rings is 2. The highest BCUT2D eigenvalue weighted by atomic mass is 79.9. The summed E-state index contributed by atoms with van der Waals surface area (Å²) in [5, 5.41) is 2.79. The summed E-state index contributed by atoms with van der Waals surface area (Å²) < 4.78 is 6.31. The molecule has 0 spiro atoms. The van der Waals surface area contributed by atoms with Crippen LogP contribution in [0.25, 0.3) is 0 Å². The molecule has 5 nitrogen and oxygen atoms in total. The van der Waals surface area contributed by atoms with Crippen LogP contribution in [0.2, 0.25) is 0 Å². The predicted molar refractivity (Wildman–Crippen MR) is 91.8 cm³/mol. The molecular weight excluding hydrogens is 360 g/mol. The number of carbonyl (C=O) groups is 2. The second-order valence-corrected chi connectivity index (χ2v) is 6.21. The molecule has 0 saturated heterocycles. The van der Waals surface area contributed by atoms with E-state index >= 15 is 0 Å². The number of carbonyl (C=O) groups excluding carboxylic acids is 2. The van der Waals surface area contributed by atoms with Gasteiger partial charge in [-0.15, -0.1) is 0 Å². The van der Waals surface area contributed by atoms with Gasteiger partial charge in [0.1, 0.15) is 12.3 Å². The standard InChI is InChI=1S/C17H15BrN2O3/c1-11-5-6-14-15(7-11)23-10-17(22)20(14)9-16(21)19-13-4-2-3-12(18)8-13/h2-8H,9-10H2,1H3,(H,19,21). The Morgan fingerprint density at radius 2 is 2.13 bits per heavy atom. The quantitative estimate of drug-likeness (QED) is 0.897. The highest BCUT2D eigenvalue weighted by molar-refractivity contribution is 9.10. The first-order chi connectivity index (χ1) is 11.0. The number of ether oxygens (including phenoxy) is 1. The van der Waals surface area contributed by atoms with Crippen molar-refractivity contribution in [2.24, 2.45) is 0 Å². The maximum absolute atomic E-state index is 12.3. The molecule has 1 N–H and O–H groups in total. The molecule has 2 aromatic rings. The van der Waals surface area contributed by atoms with Crippen LogP contribution in [0.15, 0.2) is 46.9 Å². The fourth-order valence-electron chi connectivity index (χ4n) is 2.40. The molecule has 3 rings (SSSR count). The van der Waals surface area contributed by atoms with Crippen molar-refractivity contribution >= 4 is 39.1 Å². The van der Waals surface area contributed by atoms with Gasteiger partial charge in [0.05, 0.1) is 5.69 Å². The zero-order valence-corrected chi connectivity index (χ0v) is 14.1. The molecule has 0 aromatic heterocycles. The number of halogens is 1. The Balaban J connectivity index is 1.77. The molecule has 1 aliphatic heterocycles. The van der Waals surface area contributed by atoms with Crippen LogP contribution in [0, 0.1) is 6.92 Å². The van der Waals surface area contributed by atoms with E-state index in [9.17, 15) is 9.59 Å². The Kier molecular flexibility index (Phi) is 4.34. The van der Waals surface area contributed by atoms with Gasteiger partial charge in [0, 0.05) is 10.2 Å². The van der Waals surface area contributed by atoms with Crippen molar-refractivity contribution in [2.45, 2.75) is 6.92 Å². The Labute approximate surface area is 142 Å². The Morgan fingerprint density at radius 3 is 2.91 bits per heavy atom. The maximum atomic E-state index is 12.3. The van der Waals surface area contributed by atoms with Gasteiger partial charge in [0.2, 0.25) is 5.91 Å². The third kappa shape index (κ3) is 3.53. The number of nitrogens with zero attached hydrogens (tertiary/aromatic N) is 1. The Bertz CT molecular complexity index is 776. The first-order valence-corrected chi connectivity index (χ1v) is 7.91. The lowest BCUT2D eigenvalue weighted by atomic mass is 10.1. The van der Waals surface area contributed by atoms with Crippen LogP contribution in [-0.2, 0) is 9.59 Å². The summed E-state index contributed by atoms with van der Waals surface area (Å²) in [4.78, 5) is 25.8. The molecule has 1 heterocycles. The van der Waals surface area contributed by atoms with E-state index in [0.29, 0.717) is 17.1 Å². The third-order valence-corrected chi connectivity index (χ3v) is 3.96. The van der Waals surface area contributed by atoms with Crippen LogP contribution >= 0.6 is 15.9 Å². The van der Waals surface area contributed by atoms with Gasteiger partial charge in [-0.25, -0.2) is 0 Å². The van der Waals surface area contributed by atoms with E-state index in [1.165, 1.54) is 4.90 Å². The van der Waals surface area contributed by atoms with Gasteiger partial charge >= 0.3 is 0 Å². The molecule has 0 radical (unpaired) electrons. The second-order valence-electron chi connectivity index (χ2n) is 5.30. The summed E-state index contributed by atoms with van der Waals surface area (Å²) in [5.41, 5.74) is 2.34. The lowest BCUT2D eigenvalue weighted by molar-refractivity contribution is -0.123. The molecule has 2 aromatic carbocycles. The molecule has 6 heteroatoms. The van der Waals surface area contributed by atoms with E-state index in [2.05, 4.69) is 21.2 Å². The van der Waals surface area contributed by atoms with Crippen molar-refractivity contribution in [2.75, 3.05) is 23.4 Å². The third-order valence-electron chi connectivity index (χ3n) is 3.47. The first-order valence-electron chi connectivity index (χ1n) is 7.12. The number of nitrogens with one attached hydrogen (secondary N) is 1. The number of anilines is 2. The zero-order chi connectivity index (χ0) is 16.4. The van der Waals surface area contributed by atoms with Crippen LogP contribution in [0.4, 0.5) is 11.4 Å². The lowest BCUT2D eigenvalue weighted by Crippen LogP contribution is -2.43. The summed E-state index contributed by atoms with van der Waals surface area (Å²) in [7, 11) is 0. The highest BCUT2D eigenvalue weighted by Crippen LogP contribution is 2.32. The Hall–Kier alpha value is -2.34. The monoisotopic (exact) mass is 374 g/mol. The van der Waals surface area contributed by atoms with Gasteiger partial charge in [0.15, 0.2) is 6.61 Å². The normalized spacial score (nSPS) is 13.3. The number of rotatable bonds is 3. The van der Waals surface area contributed by atoms with Gasteiger partial charge in [-0.2, -0.15) is 0 Å². The molecule has 0 saturated carbocycles. The smallest absolute Gasteiger partial charge is 0.265 e. The van der Waals surface area contributed by atoms with Gasteiger partial charge in [-0.1, -0.05) is 28.1 Å². The predicted octanol–water partition coefficient (Wildman–Crippen LogP) is 3.12. The average Bonchev–Trinajstić information content (AvgIpc) is 2.50. The molecule has 2 amide bonds. The molecular formula is C17H15BrN2O3. The van der Waals surface area contributed by atoms with E-state index in [-0.39, 0.29) is 25.0 Å². The number of hydrogen-bond acceptors (Lipinski definition) is 3. The number of aryl methyl sites for hydroxylation is 1. The molecule has 23 heavy (non-hydrogen) atoms. The van der Waals surface area contributed by atoms with Gasteiger partial charge in [0.25, 0.3) is 5.91 Å². The van der Waals surface area contributed by atoms with Crippen LogP contribution in [0.5, 0.6) is 5.75 Å². The molecule has 0 unspecified atom stereocenters.